The van der Waals surface area contributed by atoms with Crippen molar-refractivity contribution in [3.05, 3.63) is 52.3 Å². The van der Waals surface area contributed by atoms with Crippen molar-refractivity contribution >= 4 is 22.9 Å². The van der Waals surface area contributed by atoms with Gasteiger partial charge >= 0.3 is 0 Å². The largest absolute Gasteiger partial charge is 0.444 e. The van der Waals surface area contributed by atoms with E-state index in [0.29, 0.717) is 17.3 Å². The number of oxazole rings is 1. The number of amides is 1. The minimum atomic E-state index is -0.227. The summed E-state index contributed by atoms with van der Waals surface area (Å²) in [6, 6.07) is 5.62. The molecule has 0 saturated heterocycles. The zero-order chi connectivity index (χ0) is 14.8. The molecule has 6 heteroatoms. The molecule has 0 aliphatic carbocycles. The average molecular weight is 299 g/mol. The Balaban J connectivity index is 1.89. The van der Waals surface area contributed by atoms with Gasteiger partial charge in [-0.1, -0.05) is 6.07 Å². The Morgan fingerprint density at radius 2 is 2.19 bits per heavy atom. The van der Waals surface area contributed by atoms with Crippen LogP contribution in [0.1, 0.15) is 21.7 Å². The molecule has 106 valence electrons. The van der Waals surface area contributed by atoms with Crippen LogP contribution in [0.5, 0.6) is 0 Å². The maximum atomic E-state index is 12.0. The molecule has 21 heavy (non-hydrogen) atoms. The third kappa shape index (κ3) is 2.85. The second-order valence-electron chi connectivity index (χ2n) is 4.65. The number of nitrogens with zero attached hydrogens (tertiary/aromatic N) is 2. The van der Waals surface area contributed by atoms with Crippen LogP contribution in [-0.4, -0.2) is 15.9 Å². The maximum absolute atomic E-state index is 12.0. The summed E-state index contributed by atoms with van der Waals surface area (Å²) in [4.78, 5) is 20.3. The van der Waals surface area contributed by atoms with Gasteiger partial charge in [-0.15, -0.1) is 11.3 Å². The van der Waals surface area contributed by atoms with Crippen LogP contribution in [0.15, 0.2) is 39.8 Å². The van der Waals surface area contributed by atoms with Gasteiger partial charge in [0.2, 0.25) is 5.89 Å². The van der Waals surface area contributed by atoms with Crippen molar-refractivity contribution in [3.63, 3.8) is 0 Å². The van der Waals surface area contributed by atoms with Crippen molar-refractivity contribution < 1.29 is 9.21 Å². The van der Waals surface area contributed by atoms with E-state index in [1.807, 2.05) is 32.0 Å². The topological polar surface area (TPSA) is 68.0 Å². The normalized spacial score (nSPS) is 10.6. The van der Waals surface area contributed by atoms with Gasteiger partial charge in [0.1, 0.15) is 12.0 Å². The van der Waals surface area contributed by atoms with Crippen LogP contribution in [0.2, 0.25) is 0 Å². The van der Waals surface area contributed by atoms with E-state index in [2.05, 4.69) is 15.3 Å². The first kappa shape index (κ1) is 13.5. The highest BCUT2D eigenvalue weighted by Crippen LogP contribution is 2.26. The van der Waals surface area contributed by atoms with Crippen LogP contribution in [-0.2, 0) is 0 Å². The van der Waals surface area contributed by atoms with E-state index in [-0.39, 0.29) is 5.91 Å². The van der Waals surface area contributed by atoms with E-state index in [1.165, 1.54) is 11.3 Å². The minimum Gasteiger partial charge on any atom is -0.444 e. The summed E-state index contributed by atoms with van der Waals surface area (Å²) < 4.78 is 5.43. The van der Waals surface area contributed by atoms with E-state index < -0.39 is 0 Å². The molecule has 0 aliphatic heterocycles. The Bertz CT molecular complexity index is 778. The number of rotatable bonds is 3. The quantitative estimate of drug-likeness (QED) is 0.801. The molecule has 1 aromatic carbocycles. The molecule has 0 spiro atoms. The van der Waals surface area contributed by atoms with Crippen LogP contribution in [0.3, 0.4) is 0 Å². The number of carbonyl (C=O) groups excluding carboxylic acids is 1. The maximum Gasteiger partial charge on any atom is 0.275 e. The number of anilines is 1. The number of carbonyl (C=O) groups is 1. The van der Waals surface area contributed by atoms with Crippen LogP contribution in [0, 0.1) is 13.8 Å². The predicted octanol–water partition coefficient (Wildman–Crippen LogP) is 3.67. The highest BCUT2D eigenvalue weighted by Gasteiger charge is 2.12. The van der Waals surface area contributed by atoms with Crippen molar-refractivity contribution in [2.45, 2.75) is 13.8 Å². The first-order valence-electron chi connectivity index (χ1n) is 6.36. The molecule has 0 fully saturated rings. The van der Waals surface area contributed by atoms with Gasteiger partial charge in [-0.05, 0) is 31.5 Å². The standard InChI is InChI=1S/C15H13N3O2S/c1-9-3-4-11(18-14(19)13-7-21-8-16-13)5-12(9)15-17-10(2)6-20-15/h3-8H,1-2H3,(H,18,19). The summed E-state index contributed by atoms with van der Waals surface area (Å²) in [6.07, 6.45) is 1.61. The van der Waals surface area contributed by atoms with Gasteiger partial charge in [0, 0.05) is 16.6 Å². The smallest absolute Gasteiger partial charge is 0.275 e. The molecular formula is C15H13N3O2S. The zero-order valence-corrected chi connectivity index (χ0v) is 12.4. The number of aromatic nitrogens is 2. The molecule has 5 nitrogen and oxygen atoms in total. The van der Waals surface area contributed by atoms with E-state index in [4.69, 9.17) is 4.42 Å². The molecule has 3 aromatic rings. The molecule has 3 rings (SSSR count). The first-order chi connectivity index (χ1) is 10.1. The fourth-order valence-corrected chi connectivity index (χ4v) is 2.46. The Labute approximate surface area is 125 Å². The van der Waals surface area contributed by atoms with Crippen LogP contribution in [0.25, 0.3) is 11.5 Å². The number of nitrogens with one attached hydrogen (secondary N) is 1. The summed E-state index contributed by atoms with van der Waals surface area (Å²) in [5.74, 6) is 0.324. The molecule has 0 radical (unpaired) electrons. The van der Waals surface area contributed by atoms with Gasteiger partial charge in [0.15, 0.2) is 0 Å². The summed E-state index contributed by atoms with van der Waals surface area (Å²) in [5, 5.41) is 4.53. The Morgan fingerprint density at radius 3 is 2.86 bits per heavy atom. The average Bonchev–Trinajstić information content (AvgIpc) is 3.12. The van der Waals surface area contributed by atoms with E-state index in [1.54, 1.807) is 17.2 Å². The summed E-state index contributed by atoms with van der Waals surface area (Å²) >= 11 is 1.39. The van der Waals surface area contributed by atoms with Crippen molar-refractivity contribution in [2.75, 3.05) is 5.32 Å². The number of hydrogen-bond acceptors (Lipinski definition) is 5. The number of hydrogen-bond donors (Lipinski definition) is 1. The second kappa shape index (κ2) is 5.49. The Kier molecular flexibility index (Phi) is 3.53. The number of benzene rings is 1. The van der Waals surface area contributed by atoms with E-state index in [9.17, 15) is 4.79 Å². The predicted molar refractivity (Wildman–Crippen MR) is 81.5 cm³/mol. The SMILES string of the molecule is Cc1coc(-c2cc(NC(=O)c3cscn3)ccc2C)n1. The fraction of sp³-hybridized carbons (Fsp3) is 0.133. The zero-order valence-electron chi connectivity index (χ0n) is 11.6. The van der Waals surface area contributed by atoms with Crippen molar-refractivity contribution in [1.29, 1.82) is 0 Å². The molecule has 0 saturated carbocycles. The lowest BCUT2D eigenvalue weighted by Crippen LogP contribution is -2.12. The minimum absolute atomic E-state index is 0.227. The summed E-state index contributed by atoms with van der Waals surface area (Å²) in [6.45, 7) is 3.84. The van der Waals surface area contributed by atoms with Crippen LogP contribution in [0.4, 0.5) is 5.69 Å². The lowest BCUT2D eigenvalue weighted by Gasteiger charge is -2.07. The van der Waals surface area contributed by atoms with Crippen LogP contribution >= 0.6 is 11.3 Å². The summed E-state index contributed by atoms with van der Waals surface area (Å²) in [7, 11) is 0. The lowest BCUT2D eigenvalue weighted by molar-refractivity contribution is 0.102. The number of aryl methyl sites for hydroxylation is 2. The summed E-state index contributed by atoms with van der Waals surface area (Å²) in [5.41, 5.74) is 5.44. The molecule has 2 heterocycles. The molecular weight excluding hydrogens is 286 g/mol. The van der Waals surface area contributed by atoms with E-state index >= 15 is 0 Å². The van der Waals surface area contributed by atoms with Gasteiger partial charge in [-0.3, -0.25) is 4.79 Å². The van der Waals surface area contributed by atoms with Crippen LogP contribution < -0.4 is 5.32 Å². The fourth-order valence-electron chi connectivity index (χ4n) is 1.93. The number of thiazole rings is 1. The molecule has 0 bridgehead atoms. The Morgan fingerprint density at radius 1 is 1.33 bits per heavy atom. The molecule has 0 aliphatic rings. The molecule has 0 atom stereocenters. The molecule has 0 unspecified atom stereocenters. The van der Waals surface area contributed by atoms with Gasteiger partial charge < -0.3 is 9.73 Å². The second-order valence-corrected chi connectivity index (χ2v) is 5.37. The monoisotopic (exact) mass is 299 g/mol. The molecule has 1 amide bonds. The van der Waals surface area contributed by atoms with Gasteiger partial charge in [-0.2, -0.15) is 0 Å². The van der Waals surface area contributed by atoms with Gasteiger partial charge in [-0.25, -0.2) is 9.97 Å². The van der Waals surface area contributed by atoms with Crippen molar-refractivity contribution in [3.8, 4) is 11.5 Å². The van der Waals surface area contributed by atoms with E-state index in [0.717, 1.165) is 16.8 Å². The van der Waals surface area contributed by atoms with Crippen molar-refractivity contribution in [2.24, 2.45) is 0 Å². The molecule has 1 N–H and O–H groups in total. The molecule has 2 aromatic heterocycles. The third-order valence-electron chi connectivity index (χ3n) is 3.01. The first-order valence-corrected chi connectivity index (χ1v) is 7.30. The third-order valence-corrected chi connectivity index (χ3v) is 3.60. The highest BCUT2D eigenvalue weighted by atomic mass is 32.1. The van der Waals surface area contributed by atoms with Crippen molar-refractivity contribution in [1.82, 2.24) is 9.97 Å². The highest BCUT2D eigenvalue weighted by molar-refractivity contribution is 7.07. The van der Waals surface area contributed by atoms with Gasteiger partial charge in [0.05, 0.1) is 11.2 Å². The lowest BCUT2D eigenvalue weighted by atomic mass is 10.1. The Hall–Kier alpha value is -2.47. The van der Waals surface area contributed by atoms with Gasteiger partial charge in [0.25, 0.3) is 5.91 Å².